The zero-order valence-corrected chi connectivity index (χ0v) is 11.9. The maximum absolute atomic E-state index is 11.8. The quantitative estimate of drug-likeness (QED) is 0.751. The SMILES string of the molecule is COc1ccc(C(C)=O)c2c1CC1(CCCCC1)C2. The Hall–Kier alpha value is -1.31. The number of hydrogen-bond donors (Lipinski definition) is 0. The van der Waals surface area contributed by atoms with Crippen molar-refractivity contribution in [2.45, 2.75) is 51.9 Å². The van der Waals surface area contributed by atoms with Crippen LogP contribution in [0.3, 0.4) is 0 Å². The van der Waals surface area contributed by atoms with Crippen LogP contribution in [0.4, 0.5) is 0 Å². The molecule has 1 aromatic carbocycles. The number of ketones is 1. The van der Waals surface area contributed by atoms with Crippen molar-refractivity contribution in [2.24, 2.45) is 5.41 Å². The fourth-order valence-corrected chi connectivity index (χ4v) is 4.06. The highest BCUT2D eigenvalue weighted by molar-refractivity contribution is 5.96. The van der Waals surface area contributed by atoms with Crippen LogP contribution >= 0.6 is 0 Å². The van der Waals surface area contributed by atoms with Crippen molar-refractivity contribution in [3.05, 3.63) is 28.8 Å². The molecule has 0 heterocycles. The van der Waals surface area contributed by atoms with Gasteiger partial charge in [0.05, 0.1) is 7.11 Å². The van der Waals surface area contributed by atoms with E-state index >= 15 is 0 Å². The molecule has 2 nitrogen and oxygen atoms in total. The average molecular weight is 258 g/mol. The van der Waals surface area contributed by atoms with Gasteiger partial charge in [0.1, 0.15) is 5.75 Å². The van der Waals surface area contributed by atoms with Gasteiger partial charge in [0.2, 0.25) is 0 Å². The third-order valence-corrected chi connectivity index (χ3v) is 5.01. The van der Waals surface area contributed by atoms with Crippen LogP contribution in [0.15, 0.2) is 12.1 Å². The molecule has 3 rings (SSSR count). The van der Waals surface area contributed by atoms with Crippen LogP contribution in [-0.4, -0.2) is 12.9 Å². The summed E-state index contributed by atoms with van der Waals surface area (Å²) in [5.74, 6) is 1.16. The van der Waals surface area contributed by atoms with Crippen LogP contribution in [0.2, 0.25) is 0 Å². The van der Waals surface area contributed by atoms with E-state index in [1.165, 1.54) is 43.2 Å². The van der Waals surface area contributed by atoms with Gasteiger partial charge in [0, 0.05) is 5.56 Å². The van der Waals surface area contributed by atoms with Crippen molar-refractivity contribution in [2.75, 3.05) is 7.11 Å². The fraction of sp³-hybridized carbons (Fsp3) is 0.588. The van der Waals surface area contributed by atoms with E-state index in [1.807, 2.05) is 12.1 Å². The normalized spacial score (nSPS) is 20.3. The second-order valence-corrected chi connectivity index (χ2v) is 6.24. The topological polar surface area (TPSA) is 26.3 Å². The summed E-state index contributed by atoms with van der Waals surface area (Å²) in [5, 5.41) is 0. The molecule has 1 saturated carbocycles. The highest BCUT2D eigenvalue weighted by atomic mass is 16.5. The van der Waals surface area contributed by atoms with E-state index in [1.54, 1.807) is 14.0 Å². The van der Waals surface area contributed by atoms with Gasteiger partial charge in [-0.15, -0.1) is 0 Å². The minimum absolute atomic E-state index is 0.187. The summed E-state index contributed by atoms with van der Waals surface area (Å²) in [6.07, 6.45) is 8.84. The number of carbonyl (C=O) groups excluding carboxylic acids is 1. The lowest BCUT2D eigenvalue weighted by molar-refractivity contribution is 0.101. The van der Waals surface area contributed by atoms with Crippen molar-refractivity contribution in [1.29, 1.82) is 0 Å². The number of ether oxygens (including phenoxy) is 1. The summed E-state index contributed by atoms with van der Waals surface area (Å²) < 4.78 is 5.51. The monoisotopic (exact) mass is 258 g/mol. The Labute approximate surface area is 115 Å². The van der Waals surface area contributed by atoms with E-state index in [9.17, 15) is 4.79 Å². The average Bonchev–Trinajstić information content (AvgIpc) is 2.76. The molecule has 0 amide bonds. The predicted molar refractivity (Wildman–Crippen MR) is 75.9 cm³/mol. The van der Waals surface area contributed by atoms with E-state index in [0.29, 0.717) is 5.41 Å². The molecule has 0 atom stereocenters. The van der Waals surface area contributed by atoms with E-state index in [-0.39, 0.29) is 5.78 Å². The highest BCUT2D eigenvalue weighted by Crippen LogP contribution is 2.50. The van der Waals surface area contributed by atoms with Crippen LogP contribution in [0, 0.1) is 5.41 Å². The number of hydrogen-bond acceptors (Lipinski definition) is 2. The number of methoxy groups -OCH3 is 1. The molecule has 0 unspecified atom stereocenters. The summed E-state index contributed by atoms with van der Waals surface area (Å²) in [7, 11) is 1.73. The van der Waals surface area contributed by atoms with E-state index in [2.05, 4.69) is 0 Å². The maximum Gasteiger partial charge on any atom is 0.160 e. The molecule has 2 aliphatic rings. The Balaban J connectivity index is 2.04. The number of carbonyl (C=O) groups is 1. The van der Waals surface area contributed by atoms with Crippen molar-refractivity contribution in [3.8, 4) is 5.75 Å². The third kappa shape index (κ3) is 2.07. The van der Waals surface area contributed by atoms with Crippen molar-refractivity contribution < 1.29 is 9.53 Å². The maximum atomic E-state index is 11.8. The van der Waals surface area contributed by atoms with Gasteiger partial charge in [0.15, 0.2) is 5.78 Å². The Bertz CT molecular complexity index is 510. The van der Waals surface area contributed by atoms with Crippen molar-refractivity contribution in [3.63, 3.8) is 0 Å². The van der Waals surface area contributed by atoms with Gasteiger partial charge in [-0.2, -0.15) is 0 Å². The van der Waals surface area contributed by atoms with Gasteiger partial charge in [-0.25, -0.2) is 0 Å². The molecule has 0 radical (unpaired) electrons. The zero-order valence-electron chi connectivity index (χ0n) is 11.9. The second-order valence-electron chi connectivity index (χ2n) is 6.24. The minimum atomic E-state index is 0.187. The fourth-order valence-electron chi connectivity index (χ4n) is 4.06. The molecule has 1 spiro atoms. The Morgan fingerprint density at radius 2 is 1.79 bits per heavy atom. The van der Waals surface area contributed by atoms with Crippen LogP contribution in [0.5, 0.6) is 5.75 Å². The van der Waals surface area contributed by atoms with Gasteiger partial charge in [-0.1, -0.05) is 19.3 Å². The standard InChI is InChI=1S/C17H22O2/c1-12(18)13-6-7-16(19-2)15-11-17(10-14(13)15)8-4-3-5-9-17/h6-7H,3-5,8-11H2,1-2H3. The molecular formula is C17H22O2. The summed E-state index contributed by atoms with van der Waals surface area (Å²) >= 11 is 0. The van der Waals surface area contributed by atoms with Crippen molar-refractivity contribution >= 4 is 5.78 Å². The van der Waals surface area contributed by atoms with Crippen LogP contribution in [0.1, 0.15) is 60.5 Å². The smallest absolute Gasteiger partial charge is 0.160 e. The van der Waals surface area contributed by atoms with E-state index in [0.717, 1.165) is 24.2 Å². The van der Waals surface area contributed by atoms with Crippen LogP contribution in [0.25, 0.3) is 0 Å². The van der Waals surface area contributed by atoms with Crippen molar-refractivity contribution in [1.82, 2.24) is 0 Å². The Morgan fingerprint density at radius 3 is 2.42 bits per heavy atom. The minimum Gasteiger partial charge on any atom is -0.496 e. The van der Waals surface area contributed by atoms with Crippen LogP contribution in [-0.2, 0) is 12.8 Å². The first-order chi connectivity index (χ1) is 9.15. The van der Waals surface area contributed by atoms with Crippen LogP contribution < -0.4 is 4.74 Å². The van der Waals surface area contributed by atoms with Gasteiger partial charge in [-0.05, 0) is 61.3 Å². The molecule has 0 aliphatic heterocycles. The first kappa shape index (κ1) is 12.7. The molecule has 102 valence electrons. The highest BCUT2D eigenvalue weighted by Gasteiger charge is 2.40. The second kappa shape index (κ2) is 4.66. The first-order valence-corrected chi connectivity index (χ1v) is 7.35. The molecule has 1 aromatic rings. The molecular weight excluding hydrogens is 236 g/mol. The lowest BCUT2D eigenvalue weighted by Gasteiger charge is -2.33. The number of benzene rings is 1. The molecule has 2 aliphatic carbocycles. The van der Waals surface area contributed by atoms with E-state index < -0.39 is 0 Å². The lowest BCUT2D eigenvalue weighted by atomic mass is 9.72. The zero-order chi connectivity index (χ0) is 13.5. The molecule has 0 aromatic heterocycles. The van der Waals surface area contributed by atoms with Gasteiger partial charge in [-0.3, -0.25) is 4.79 Å². The first-order valence-electron chi connectivity index (χ1n) is 7.35. The lowest BCUT2D eigenvalue weighted by Crippen LogP contribution is -2.24. The number of fused-ring (bicyclic) bond motifs is 1. The summed E-state index contributed by atoms with van der Waals surface area (Å²) in [6.45, 7) is 1.67. The van der Waals surface area contributed by atoms with Gasteiger partial charge >= 0.3 is 0 Å². The molecule has 1 fully saturated rings. The van der Waals surface area contributed by atoms with E-state index in [4.69, 9.17) is 4.74 Å². The number of Topliss-reactive ketones (excluding diaryl/α,β-unsaturated/α-hetero) is 1. The predicted octanol–water partition coefficient (Wildman–Crippen LogP) is 3.95. The molecule has 0 N–H and O–H groups in total. The molecule has 0 bridgehead atoms. The van der Waals surface area contributed by atoms with Gasteiger partial charge in [0.25, 0.3) is 0 Å². The summed E-state index contributed by atoms with van der Waals surface area (Å²) in [4.78, 5) is 11.8. The third-order valence-electron chi connectivity index (χ3n) is 5.01. The Morgan fingerprint density at radius 1 is 1.11 bits per heavy atom. The molecule has 19 heavy (non-hydrogen) atoms. The summed E-state index contributed by atoms with van der Waals surface area (Å²) in [6, 6.07) is 3.92. The summed E-state index contributed by atoms with van der Waals surface area (Å²) in [5.41, 5.74) is 3.91. The number of rotatable bonds is 2. The largest absolute Gasteiger partial charge is 0.496 e. The Kier molecular flexibility index (Phi) is 3.12. The molecule has 0 saturated heterocycles. The van der Waals surface area contributed by atoms with Gasteiger partial charge < -0.3 is 4.74 Å². The molecule has 2 heteroatoms.